The van der Waals surface area contributed by atoms with Crippen molar-refractivity contribution >= 4 is 22.9 Å². The van der Waals surface area contributed by atoms with Gasteiger partial charge in [-0.2, -0.15) is 0 Å². The van der Waals surface area contributed by atoms with Crippen LogP contribution in [0.25, 0.3) is 0 Å². The van der Waals surface area contributed by atoms with Crippen molar-refractivity contribution in [2.75, 3.05) is 5.73 Å². The number of rotatable bonds is 4. The normalized spacial score (nSPS) is 11.2. The van der Waals surface area contributed by atoms with Gasteiger partial charge in [0.2, 0.25) is 0 Å². The van der Waals surface area contributed by atoms with Crippen LogP contribution in [0.2, 0.25) is 0 Å². The van der Waals surface area contributed by atoms with Crippen LogP contribution < -0.4 is 15.8 Å². The van der Waals surface area contributed by atoms with E-state index < -0.39 is 18.0 Å². The molecule has 0 radical (unpaired) electrons. The first-order valence-electron chi connectivity index (χ1n) is 5.66. The molecule has 1 aromatic heterocycles. The van der Waals surface area contributed by atoms with E-state index in [-0.39, 0.29) is 17.8 Å². The van der Waals surface area contributed by atoms with Crippen LogP contribution >= 0.6 is 11.3 Å². The van der Waals surface area contributed by atoms with Gasteiger partial charge < -0.3 is 15.8 Å². The molecule has 0 saturated heterocycles. The second kappa shape index (κ2) is 6.00. The lowest BCUT2D eigenvalue weighted by atomic mass is 10.1. The number of nitrogens with two attached hydrogens (primary N) is 1. The molecule has 0 aliphatic heterocycles. The molecule has 0 spiro atoms. The number of carbonyl (C=O) groups excluding carboxylic acids is 1. The van der Waals surface area contributed by atoms with Gasteiger partial charge in [0.05, 0.1) is 23.4 Å². The SMILES string of the molecule is Nc1cc(C(=O)NCc2cscn2)ccc1OC(F)(F)F. The highest BCUT2D eigenvalue weighted by atomic mass is 32.1. The van der Waals surface area contributed by atoms with Crippen LogP contribution in [0.1, 0.15) is 16.1 Å². The highest BCUT2D eigenvalue weighted by molar-refractivity contribution is 7.07. The number of amides is 1. The number of thiazole rings is 1. The van der Waals surface area contributed by atoms with Gasteiger partial charge in [0.25, 0.3) is 5.91 Å². The van der Waals surface area contributed by atoms with E-state index in [1.54, 1.807) is 10.9 Å². The van der Waals surface area contributed by atoms with Gasteiger partial charge in [-0.25, -0.2) is 4.98 Å². The van der Waals surface area contributed by atoms with Gasteiger partial charge in [0, 0.05) is 10.9 Å². The summed E-state index contributed by atoms with van der Waals surface area (Å²) in [5.74, 6) is -1.01. The average molecular weight is 317 g/mol. The molecule has 2 rings (SSSR count). The molecule has 21 heavy (non-hydrogen) atoms. The second-order valence-electron chi connectivity index (χ2n) is 3.96. The Hall–Kier alpha value is -2.29. The predicted molar refractivity (Wildman–Crippen MR) is 70.8 cm³/mol. The maximum absolute atomic E-state index is 12.1. The minimum atomic E-state index is -4.83. The van der Waals surface area contributed by atoms with Gasteiger partial charge in [0.1, 0.15) is 0 Å². The molecule has 1 aromatic carbocycles. The summed E-state index contributed by atoms with van der Waals surface area (Å²) < 4.78 is 40.0. The number of nitrogens with one attached hydrogen (secondary N) is 1. The van der Waals surface area contributed by atoms with Crippen molar-refractivity contribution in [1.82, 2.24) is 10.3 Å². The van der Waals surface area contributed by atoms with Gasteiger partial charge in [-0.05, 0) is 18.2 Å². The maximum atomic E-state index is 12.1. The van der Waals surface area contributed by atoms with Crippen LogP contribution in [0.4, 0.5) is 18.9 Å². The standard InChI is InChI=1S/C12H10F3N3O2S/c13-12(14,15)20-10-2-1-7(3-9(10)16)11(19)17-4-8-5-21-6-18-8/h1-3,5-6H,4,16H2,(H,17,19). The third-order valence-corrected chi connectivity index (χ3v) is 3.05. The van der Waals surface area contributed by atoms with Gasteiger partial charge in [-0.1, -0.05) is 0 Å². The summed E-state index contributed by atoms with van der Waals surface area (Å²) in [6.07, 6.45) is -4.83. The number of halogens is 3. The van der Waals surface area contributed by atoms with Crippen molar-refractivity contribution in [2.45, 2.75) is 12.9 Å². The molecule has 0 saturated carbocycles. The monoisotopic (exact) mass is 317 g/mol. The number of nitrogen functional groups attached to an aromatic ring is 1. The topological polar surface area (TPSA) is 77.2 Å². The zero-order chi connectivity index (χ0) is 15.5. The molecule has 2 aromatic rings. The van der Waals surface area contributed by atoms with Crippen LogP contribution in [0.15, 0.2) is 29.1 Å². The molecule has 0 aliphatic carbocycles. The number of nitrogens with zero attached hydrogens (tertiary/aromatic N) is 1. The quantitative estimate of drug-likeness (QED) is 0.850. The summed E-state index contributed by atoms with van der Waals surface area (Å²) >= 11 is 1.39. The van der Waals surface area contributed by atoms with E-state index in [2.05, 4.69) is 15.0 Å². The Bertz CT molecular complexity index is 629. The molecule has 112 valence electrons. The first-order valence-corrected chi connectivity index (χ1v) is 6.60. The van der Waals surface area contributed by atoms with Crippen molar-refractivity contribution in [2.24, 2.45) is 0 Å². The highest BCUT2D eigenvalue weighted by Crippen LogP contribution is 2.28. The average Bonchev–Trinajstić information content (AvgIpc) is 2.90. The Balaban J connectivity index is 2.03. The van der Waals surface area contributed by atoms with Crippen molar-refractivity contribution < 1.29 is 22.7 Å². The fraction of sp³-hybridized carbons (Fsp3) is 0.167. The summed E-state index contributed by atoms with van der Waals surface area (Å²) in [7, 11) is 0. The Morgan fingerprint density at radius 2 is 2.19 bits per heavy atom. The van der Waals surface area contributed by atoms with Crippen molar-refractivity contribution in [3.63, 3.8) is 0 Å². The Labute approximate surface area is 121 Å². The summed E-state index contributed by atoms with van der Waals surface area (Å²) in [4.78, 5) is 15.8. The summed E-state index contributed by atoms with van der Waals surface area (Å²) in [5.41, 5.74) is 7.63. The zero-order valence-corrected chi connectivity index (χ0v) is 11.3. The molecular weight excluding hydrogens is 307 g/mol. The van der Waals surface area contributed by atoms with E-state index in [1.807, 2.05) is 0 Å². The predicted octanol–water partition coefficient (Wildman–Crippen LogP) is 2.55. The van der Waals surface area contributed by atoms with Crippen LogP contribution in [0.3, 0.4) is 0 Å². The molecule has 0 fully saturated rings. The minimum Gasteiger partial charge on any atom is -0.404 e. The van der Waals surface area contributed by atoms with E-state index in [4.69, 9.17) is 5.73 Å². The summed E-state index contributed by atoms with van der Waals surface area (Å²) in [6.45, 7) is 0.225. The number of alkyl halides is 3. The molecule has 5 nitrogen and oxygen atoms in total. The van der Waals surface area contributed by atoms with Crippen molar-refractivity contribution in [3.05, 3.63) is 40.3 Å². The lowest BCUT2D eigenvalue weighted by molar-refractivity contribution is -0.274. The number of ether oxygens (including phenoxy) is 1. The molecule has 0 unspecified atom stereocenters. The Kier molecular flexibility index (Phi) is 4.32. The summed E-state index contributed by atoms with van der Waals surface area (Å²) in [5, 5.41) is 4.36. The van der Waals surface area contributed by atoms with Crippen molar-refractivity contribution in [3.8, 4) is 5.75 Å². The van der Waals surface area contributed by atoms with Crippen molar-refractivity contribution in [1.29, 1.82) is 0 Å². The highest BCUT2D eigenvalue weighted by Gasteiger charge is 2.32. The fourth-order valence-corrected chi connectivity index (χ4v) is 2.06. The molecule has 0 aliphatic rings. The summed E-state index contributed by atoms with van der Waals surface area (Å²) in [6, 6.07) is 3.33. The number of carbonyl (C=O) groups is 1. The first-order chi connectivity index (χ1) is 9.85. The third kappa shape index (κ3) is 4.35. The molecule has 0 atom stereocenters. The molecule has 0 bridgehead atoms. The van der Waals surface area contributed by atoms with Gasteiger partial charge in [-0.15, -0.1) is 24.5 Å². The van der Waals surface area contributed by atoms with Gasteiger partial charge in [-0.3, -0.25) is 4.79 Å². The molecule has 3 N–H and O–H groups in total. The lowest BCUT2D eigenvalue weighted by Crippen LogP contribution is -2.23. The Morgan fingerprint density at radius 3 is 2.76 bits per heavy atom. The first kappa shape index (κ1) is 15.1. The fourth-order valence-electron chi connectivity index (χ4n) is 1.51. The number of aromatic nitrogens is 1. The van der Waals surface area contributed by atoms with E-state index in [1.165, 1.54) is 17.4 Å². The lowest BCUT2D eigenvalue weighted by Gasteiger charge is -2.12. The Morgan fingerprint density at radius 1 is 1.43 bits per heavy atom. The molecule has 9 heteroatoms. The number of anilines is 1. The smallest absolute Gasteiger partial charge is 0.404 e. The van der Waals surface area contributed by atoms with E-state index in [0.29, 0.717) is 5.69 Å². The second-order valence-corrected chi connectivity index (χ2v) is 4.68. The number of hydrogen-bond acceptors (Lipinski definition) is 5. The molecule has 1 heterocycles. The van der Waals surface area contributed by atoms with E-state index in [9.17, 15) is 18.0 Å². The molecule has 1 amide bonds. The van der Waals surface area contributed by atoms with E-state index in [0.717, 1.165) is 12.1 Å². The third-order valence-electron chi connectivity index (χ3n) is 2.41. The van der Waals surface area contributed by atoms with Crippen LogP contribution in [0, 0.1) is 0 Å². The largest absolute Gasteiger partial charge is 0.573 e. The maximum Gasteiger partial charge on any atom is 0.573 e. The zero-order valence-electron chi connectivity index (χ0n) is 10.5. The number of hydrogen-bond donors (Lipinski definition) is 2. The van der Waals surface area contributed by atoms with Crippen LogP contribution in [0.5, 0.6) is 5.75 Å². The van der Waals surface area contributed by atoms with Gasteiger partial charge >= 0.3 is 6.36 Å². The number of benzene rings is 1. The van der Waals surface area contributed by atoms with Crippen LogP contribution in [-0.4, -0.2) is 17.3 Å². The molecular formula is C12H10F3N3O2S. The van der Waals surface area contributed by atoms with Gasteiger partial charge in [0.15, 0.2) is 5.75 Å². The van der Waals surface area contributed by atoms with Crippen LogP contribution in [-0.2, 0) is 6.54 Å². The minimum absolute atomic E-state index is 0.136. The van der Waals surface area contributed by atoms with E-state index >= 15 is 0 Å².